The van der Waals surface area contributed by atoms with Crippen molar-refractivity contribution >= 4 is 33.2 Å². The quantitative estimate of drug-likeness (QED) is 0.845. The lowest BCUT2D eigenvalue weighted by Crippen LogP contribution is -2.43. The number of benzene rings is 1. The number of carbonyl (C=O) groups is 1. The van der Waals surface area contributed by atoms with Crippen molar-refractivity contribution in [3.05, 3.63) is 56.7 Å². The van der Waals surface area contributed by atoms with Gasteiger partial charge in [-0.25, -0.2) is 0 Å². The molecule has 122 valence electrons. The van der Waals surface area contributed by atoms with Gasteiger partial charge in [0, 0.05) is 29.0 Å². The number of morpholine rings is 1. The van der Waals surface area contributed by atoms with Crippen LogP contribution in [-0.2, 0) is 4.74 Å². The van der Waals surface area contributed by atoms with Crippen LogP contribution in [0.4, 0.5) is 0 Å². The summed E-state index contributed by atoms with van der Waals surface area (Å²) in [6.45, 7) is 3.89. The topological polar surface area (TPSA) is 41.6 Å². The third kappa shape index (κ3) is 4.20. The molecule has 2 heterocycles. The van der Waals surface area contributed by atoms with Gasteiger partial charge in [0.1, 0.15) is 0 Å². The summed E-state index contributed by atoms with van der Waals surface area (Å²) in [6.07, 6.45) is 0. The molecule has 1 atom stereocenters. The lowest BCUT2D eigenvalue weighted by Gasteiger charge is -2.34. The number of ether oxygens (including phenoxy) is 1. The number of carbonyl (C=O) groups excluding carboxylic acids is 1. The van der Waals surface area contributed by atoms with Gasteiger partial charge in [0.05, 0.1) is 24.8 Å². The monoisotopic (exact) mass is 394 g/mol. The number of hydrogen-bond donors (Lipinski definition) is 1. The maximum Gasteiger partial charge on any atom is 0.252 e. The van der Waals surface area contributed by atoms with Crippen molar-refractivity contribution < 1.29 is 9.53 Å². The number of hydrogen-bond acceptors (Lipinski definition) is 4. The standard InChI is InChI=1S/C17H19BrN2O2S/c18-14-5-2-1-4-13(14)17(21)19-12-15(16-6-3-11-23-16)20-7-9-22-10-8-20/h1-6,11,15H,7-10,12H2,(H,19,21). The van der Waals surface area contributed by atoms with Crippen LogP contribution in [-0.4, -0.2) is 43.7 Å². The average molecular weight is 395 g/mol. The van der Waals surface area contributed by atoms with Gasteiger partial charge in [-0.05, 0) is 39.5 Å². The molecule has 3 rings (SSSR count). The maximum atomic E-state index is 12.4. The van der Waals surface area contributed by atoms with E-state index in [9.17, 15) is 4.79 Å². The van der Waals surface area contributed by atoms with Crippen LogP contribution in [0.5, 0.6) is 0 Å². The molecule has 1 amide bonds. The summed E-state index contributed by atoms with van der Waals surface area (Å²) < 4.78 is 6.26. The molecule has 6 heteroatoms. The van der Waals surface area contributed by atoms with Crippen molar-refractivity contribution in [3.8, 4) is 0 Å². The molecule has 1 aromatic carbocycles. The summed E-state index contributed by atoms with van der Waals surface area (Å²) in [5, 5.41) is 5.16. The molecule has 1 aliphatic heterocycles. The molecule has 2 aromatic rings. The van der Waals surface area contributed by atoms with Gasteiger partial charge in [0.25, 0.3) is 5.91 Å². The second-order valence-electron chi connectivity index (χ2n) is 5.37. The molecule has 23 heavy (non-hydrogen) atoms. The predicted molar refractivity (Wildman–Crippen MR) is 95.9 cm³/mol. The fourth-order valence-corrected chi connectivity index (χ4v) is 4.04. The van der Waals surface area contributed by atoms with E-state index in [-0.39, 0.29) is 11.9 Å². The van der Waals surface area contributed by atoms with Gasteiger partial charge in [-0.3, -0.25) is 9.69 Å². The van der Waals surface area contributed by atoms with Crippen molar-refractivity contribution in [2.24, 2.45) is 0 Å². The molecule has 0 radical (unpaired) electrons. The molecule has 0 saturated carbocycles. The highest BCUT2D eigenvalue weighted by molar-refractivity contribution is 9.10. The summed E-state index contributed by atoms with van der Waals surface area (Å²) in [4.78, 5) is 16.1. The Hall–Kier alpha value is -1.21. The van der Waals surface area contributed by atoms with Crippen molar-refractivity contribution in [2.45, 2.75) is 6.04 Å². The second-order valence-corrected chi connectivity index (χ2v) is 7.20. The number of rotatable bonds is 5. The van der Waals surface area contributed by atoms with Crippen molar-refractivity contribution in [2.75, 3.05) is 32.8 Å². The Bertz CT molecular complexity index is 642. The first kappa shape index (κ1) is 16.6. The van der Waals surface area contributed by atoms with E-state index in [2.05, 4.69) is 43.7 Å². The molecule has 1 unspecified atom stereocenters. The second kappa shape index (κ2) is 8.06. The molecule has 4 nitrogen and oxygen atoms in total. The highest BCUT2D eigenvalue weighted by Crippen LogP contribution is 2.25. The molecule has 0 bridgehead atoms. The third-order valence-corrected chi connectivity index (χ3v) is 5.60. The fraction of sp³-hybridized carbons (Fsp3) is 0.353. The van der Waals surface area contributed by atoms with E-state index in [4.69, 9.17) is 4.74 Å². The fourth-order valence-electron chi connectivity index (χ4n) is 2.71. The van der Waals surface area contributed by atoms with Gasteiger partial charge in [-0.2, -0.15) is 0 Å². The molecule has 0 aliphatic carbocycles. The van der Waals surface area contributed by atoms with E-state index >= 15 is 0 Å². The van der Waals surface area contributed by atoms with Crippen LogP contribution in [0.15, 0.2) is 46.3 Å². The Morgan fingerprint density at radius 2 is 2.04 bits per heavy atom. The number of amides is 1. The van der Waals surface area contributed by atoms with E-state index in [1.165, 1.54) is 4.88 Å². The zero-order valence-corrected chi connectivity index (χ0v) is 15.1. The summed E-state index contributed by atoms with van der Waals surface area (Å²) in [5.41, 5.74) is 0.666. The minimum atomic E-state index is -0.0488. The molecule has 1 N–H and O–H groups in total. The molecule has 1 aromatic heterocycles. The smallest absolute Gasteiger partial charge is 0.252 e. The summed E-state index contributed by atoms with van der Waals surface area (Å²) in [7, 11) is 0. The van der Waals surface area contributed by atoms with Gasteiger partial charge in [0.15, 0.2) is 0 Å². The SMILES string of the molecule is O=C(NCC(c1cccs1)N1CCOCC1)c1ccccc1Br. The van der Waals surface area contributed by atoms with Gasteiger partial charge in [0.2, 0.25) is 0 Å². The molecule has 0 spiro atoms. The van der Waals surface area contributed by atoms with E-state index < -0.39 is 0 Å². The van der Waals surface area contributed by atoms with Crippen LogP contribution in [0.3, 0.4) is 0 Å². The third-order valence-electron chi connectivity index (χ3n) is 3.93. The number of nitrogens with zero attached hydrogens (tertiary/aromatic N) is 1. The summed E-state index contributed by atoms with van der Waals surface area (Å²) in [6, 6.07) is 11.9. The number of thiophene rings is 1. The van der Waals surface area contributed by atoms with Crippen molar-refractivity contribution in [3.63, 3.8) is 0 Å². The average Bonchev–Trinajstić information content (AvgIpc) is 3.10. The Morgan fingerprint density at radius 1 is 1.26 bits per heavy atom. The van der Waals surface area contributed by atoms with E-state index in [0.29, 0.717) is 12.1 Å². The Labute approximate surface area is 148 Å². The first-order valence-corrected chi connectivity index (χ1v) is 9.31. The van der Waals surface area contributed by atoms with Crippen LogP contribution < -0.4 is 5.32 Å². The maximum absolute atomic E-state index is 12.4. The van der Waals surface area contributed by atoms with Gasteiger partial charge in [-0.1, -0.05) is 18.2 Å². The Balaban J connectivity index is 1.69. The molecule has 1 aliphatic rings. The highest BCUT2D eigenvalue weighted by atomic mass is 79.9. The van der Waals surface area contributed by atoms with E-state index in [1.54, 1.807) is 11.3 Å². The number of nitrogens with one attached hydrogen (secondary N) is 1. The first-order chi connectivity index (χ1) is 11.3. The number of halogens is 1. The van der Waals surface area contributed by atoms with E-state index in [1.807, 2.05) is 24.3 Å². The largest absolute Gasteiger partial charge is 0.379 e. The lowest BCUT2D eigenvalue weighted by molar-refractivity contribution is 0.0169. The molecule has 1 fully saturated rings. The molecule has 1 saturated heterocycles. The van der Waals surface area contributed by atoms with Crippen LogP contribution >= 0.6 is 27.3 Å². The first-order valence-electron chi connectivity index (χ1n) is 7.63. The van der Waals surface area contributed by atoms with Crippen LogP contribution in [0.1, 0.15) is 21.3 Å². The predicted octanol–water partition coefficient (Wildman–Crippen LogP) is 3.31. The Morgan fingerprint density at radius 3 is 2.74 bits per heavy atom. The van der Waals surface area contributed by atoms with Gasteiger partial charge < -0.3 is 10.1 Å². The zero-order chi connectivity index (χ0) is 16.1. The van der Waals surface area contributed by atoms with Crippen molar-refractivity contribution in [1.82, 2.24) is 10.2 Å². The Kier molecular flexibility index (Phi) is 5.83. The minimum Gasteiger partial charge on any atom is -0.379 e. The van der Waals surface area contributed by atoms with Crippen LogP contribution in [0, 0.1) is 0 Å². The van der Waals surface area contributed by atoms with E-state index in [0.717, 1.165) is 30.8 Å². The summed E-state index contributed by atoms with van der Waals surface area (Å²) >= 11 is 5.17. The van der Waals surface area contributed by atoms with Crippen LogP contribution in [0.25, 0.3) is 0 Å². The molecular weight excluding hydrogens is 376 g/mol. The molecular formula is C17H19BrN2O2S. The van der Waals surface area contributed by atoms with Crippen molar-refractivity contribution in [1.29, 1.82) is 0 Å². The normalized spacial score (nSPS) is 16.9. The van der Waals surface area contributed by atoms with Gasteiger partial charge >= 0.3 is 0 Å². The minimum absolute atomic E-state index is 0.0488. The summed E-state index contributed by atoms with van der Waals surface area (Å²) in [5.74, 6) is -0.0488. The lowest BCUT2D eigenvalue weighted by atomic mass is 10.1. The zero-order valence-electron chi connectivity index (χ0n) is 12.7. The van der Waals surface area contributed by atoms with Gasteiger partial charge in [-0.15, -0.1) is 11.3 Å². The highest BCUT2D eigenvalue weighted by Gasteiger charge is 2.24. The van der Waals surface area contributed by atoms with Crippen LogP contribution in [0.2, 0.25) is 0 Å².